The van der Waals surface area contributed by atoms with E-state index in [2.05, 4.69) is 13.0 Å². The molecule has 0 spiro atoms. The third kappa shape index (κ3) is 9.70. The number of hydrogen-bond donors (Lipinski definition) is 1. The number of allylic oxidation sites excluding steroid dienone is 1. The Bertz CT molecular complexity index is 86.9. The van der Waals surface area contributed by atoms with Gasteiger partial charge in [-0.1, -0.05) is 38.7 Å². The van der Waals surface area contributed by atoms with E-state index in [0.29, 0.717) is 0 Å². The summed E-state index contributed by atoms with van der Waals surface area (Å²) in [6, 6.07) is 0. The van der Waals surface area contributed by atoms with E-state index in [1.807, 2.05) is 6.08 Å². The number of aliphatic hydroxyl groups excluding tert-OH is 1. The van der Waals surface area contributed by atoms with Crippen molar-refractivity contribution in [3.8, 4) is 0 Å². The van der Waals surface area contributed by atoms with Gasteiger partial charge in [0.15, 0.2) is 0 Å². The molecule has 0 aliphatic heterocycles. The van der Waals surface area contributed by atoms with E-state index >= 15 is 0 Å². The van der Waals surface area contributed by atoms with E-state index < -0.39 is 0 Å². The minimum Gasteiger partial charge on any atom is -0.392 e. The van der Waals surface area contributed by atoms with Crippen LogP contribution in [0.25, 0.3) is 0 Å². The van der Waals surface area contributed by atoms with Crippen molar-refractivity contribution < 1.29 is 5.11 Å². The highest BCUT2D eigenvalue weighted by Crippen LogP contribution is 2.04. The van der Waals surface area contributed by atoms with Crippen molar-refractivity contribution in [3.63, 3.8) is 0 Å². The summed E-state index contributed by atoms with van der Waals surface area (Å²) in [6.45, 7) is 2.29. The van der Waals surface area contributed by atoms with Gasteiger partial charge in [0.2, 0.25) is 0 Å². The molecule has 0 bridgehead atoms. The predicted octanol–water partition coefficient (Wildman–Crippen LogP) is 2.70. The number of unbranched alkanes of at least 4 members (excludes halogenated alkanes) is 5. The monoisotopic (exact) mass is 155 g/mol. The van der Waals surface area contributed by atoms with Gasteiger partial charge in [0.25, 0.3) is 0 Å². The molecule has 1 radical (unpaired) electrons. The molecule has 0 saturated heterocycles. The van der Waals surface area contributed by atoms with E-state index in [0.717, 1.165) is 6.42 Å². The molecule has 1 nitrogen and oxygen atoms in total. The summed E-state index contributed by atoms with van der Waals surface area (Å²) < 4.78 is 0. The standard InChI is InChI=1S/C10H19O/c1-2-3-4-5-6-7-8-9-10-11/h8,11H,2-7,10H2,1H3. The minimum absolute atomic E-state index is 0.0644. The normalized spacial score (nSPS) is 11.1. The van der Waals surface area contributed by atoms with Crippen LogP contribution in [0.1, 0.15) is 45.4 Å². The SMILES string of the molecule is CCCCCCC/C=[C]\CO. The molecular formula is C10H19O. The lowest BCUT2D eigenvalue weighted by molar-refractivity contribution is 0.336. The smallest absolute Gasteiger partial charge is 0.0682 e. The molecule has 0 aromatic heterocycles. The van der Waals surface area contributed by atoms with Gasteiger partial charge < -0.3 is 5.11 Å². The van der Waals surface area contributed by atoms with Crippen LogP contribution in [0.2, 0.25) is 0 Å². The van der Waals surface area contributed by atoms with Crippen molar-refractivity contribution in [3.05, 3.63) is 12.2 Å². The van der Waals surface area contributed by atoms with Crippen LogP contribution in [-0.2, 0) is 0 Å². The second kappa shape index (κ2) is 9.70. The van der Waals surface area contributed by atoms with Gasteiger partial charge in [-0.25, -0.2) is 0 Å². The molecule has 0 amide bonds. The molecule has 11 heavy (non-hydrogen) atoms. The first kappa shape index (κ1) is 10.7. The summed E-state index contributed by atoms with van der Waals surface area (Å²) in [5.74, 6) is 0. The van der Waals surface area contributed by atoms with Crippen molar-refractivity contribution in [1.29, 1.82) is 0 Å². The lowest BCUT2D eigenvalue weighted by Gasteiger charge is -1.95. The Hall–Kier alpha value is -0.300. The first-order valence-corrected chi connectivity index (χ1v) is 4.57. The molecule has 0 aliphatic rings. The van der Waals surface area contributed by atoms with Gasteiger partial charge in [-0.2, -0.15) is 0 Å². The number of hydrogen-bond acceptors (Lipinski definition) is 1. The second-order valence-corrected chi connectivity index (χ2v) is 2.77. The molecule has 0 rings (SSSR count). The van der Waals surface area contributed by atoms with E-state index in [1.54, 1.807) is 0 Å². The first-order chi connectivity index (χ1) is 5.41. The zero-order valence-corrected chi connectivity index (χ0v) is 7.47. The van der Waals surface area contributed by atoms with Crippen LogP contribution >= 0.6 is 0 Å². The number of rotatable bonds is 7. The second-order valence-electron chi connectivity index (χ2n) is 2.77. The maximum atomic E-state index is 8.36. The van der Waals surface area contributed by atoms with E-state index in [4.69, 9.17) is 5.11 Å². The van der Waals surface area contributed by atoms with Crippen molar-refractivity contribution >= 4 is 0 Å². The Morgan fingerprint density at radius 1 is 1.18 bits per heavy atom. The zero-order chi connectivity index (χ0) is 8.36. The first-order valence-electron chi connectivity index (χ1n) is 4.57. The zero-order valence-electron chi connectivity index (χ0n) is 7.47. The molecule has 0 aromatic rings. The fourth-order valence-electron chi connectivity index (χ4n) is 1.02. The summed E-state index contributed by atoms with van der Waals surface area (Å²) in [5, 5.41) is 8.36. The Labute approximate surface area is 70.1 Å². The molecule has 0 saturated carbocycles. The Balaban J connectivity index is 2.85. The molecule has 0 aromatic carbocycles. The fraction of sp³-hybridized carbons (Fsp3) is 0.800. The van der Waals surface area contributed by atoms with Crippen LogP contribution < -0.4 is 0 Å². The predicted molar refractivity (Wildman–Crippen MR) is 48.3 cm³/mol. The van der Waals surface area contributed by atoms with Gasteiger partial charge in [-0.15, -0.1) is 0 Å². The molecule has 0 atom stereocenters. The molecule has 1 heteroatoms. The lowest BCUT2D eigenvalue weighted by atomic mass is 10.1. The van der Waals surface area contributed by atoms with Crippen LogP contribution in [0, 0.1) is 6.08 Å². The largest absolute Gasteiger partial charge is 0.392 e. The third-order valence-corrected chi connectivity index (χ3v) is 1.69. The molecule has 0 heterocycles. The van der Waals surface area contributed by atoms with Gasteiger partial charge in [0.05, 0.1) is 6.61 Å². The molecule has 0 fully saturated rings. The molecule has 1 N–H and O–H groups in total. The lowest BCUT2D eigenvalue weighted by Crippen LogP contribution is -1.77. The van der Waals surface area contributed by atoms with E-state index in [9.17, 15) is 0 Å². The number of aliphatic hydroxyl groups is 1. The molecule has 65 valence electrons. The van der Waals surface area contributed by atoms with Crippen LogP contribution in [0.5, 0.6) is 0 Å². The molecule has 0 aliphatic carbocycles. The van der Waals surface area contributed by atoms with Gasteiger partial charge in [-0.05, 0) is 18.9 Å². The summed E-state index contributed by atoms with van der Waals surface area (Å²) >= 11 is 0. The van der Waals surface area contributed by atoms with Crippen molar-refractivity contribution in [1.82, 2.24) is 0 Å². The van der Waals surface area contributed by atoms with Crippen molar-refractivity contribution in [2.75, 3.05) is 6.61 Å². The maximum Gasteiger partial charge on any atom is 0.0682 e. The highest BCUT2D eigenvalue weighted by Gasteiger charge is 1.85. The van der Waals surface area contributed by atoms with Gasteiger partial charge in [0.1, 0.15) is 0 Å². The van der Waals surface area contributed by atoms with Crippen LogP contribution in [0.15, 0.2) is 6.08 Å². The Morgan fingerprint density at radius 3 is 2.55 bits per heavy atom. The Morgan fingerprint density at radius 2 is 1.91 bits per heavy atom. The summed E-state index contributed by atoms with van der Waals surface area (Å²) in [6.07, 6.45) is 12.3. The van der Waals surface area contributed by atoms with E-state index in [1.165, 1.54) is 32.1 Å². The van der Waals surface area contributed by atoms with Crippen LogP contribution in [-0.4, -0.2) is 11.7 Å². The summed E-state index contributed by atoms with van der Waals surface area (Å²) in [7, 11) is 0. The molecular weight excluding hydrogens is 136 g/mol. The summed E-state index contributed by atoms with van der Waals surface area (Å²) in [4.78, 5) is 0. The minimum atomic E-state index is 0.0644. The van der Waals surface area contributed by atoms with Gasteiger partial charge >= 0.3 is 0 Å². The highest BCUT2D eigenvalue weighted by molar-refractivity contribution is 4.72. The quantitative estimate of drug-likeness (QED) is 0.560. The van der Waals surface area contributed by atoms with Gasteiger partial charge in [0, 0.05) is 0 Å². The Kier molecular flexibility index (Phi) is 9.44. The van der Waals surface area contributed by atoms with Crippen LogP contribution in [0.3, 0.4) is 0 Å². The van der Waals surface area contributed by atoms with Crippen LogP contribution in [0.4, 0.5) is 0 Å². The fourth-order valence-corrected chi connectivity index (χ4v) is 1.02. The highest BCUT2D eigenvalue weighted by atomic mass is 16.2. The van der Waals surface area contributed by atoms with Gasteiger partial charge in [-0.3, -0.25) is 0 Å². The third-order valence-electron chi connectivity index (χ3n) is 1.69. The maximum absolute atomic E-state index is 8.36. The van der Waals surface area contributed by atoms with E-state index in [-0.39, 0.29) is 6.61 Å². The average molecular weight is 155 g/mol. The summed E-state index contributed by atoms with van der Waals surface area (Å²) in [5.41, 5.74) is 0. The van der Waals surface area contributed by atoms with Crippen molar-refractivity contribution in [2.45, 2.75) is 45.4 Å². The molecule has 0 unspecified atom stereocenters. The van der Waals surface area contributed by atoms with Crippen molar-refractivity contribution in [2.24, 2.45) is 0 Å². The average Bonchev–Trinajstić information content (AvgIpc) is 2.03. The topological polar surface area (TPSA) is 20.2 Å².